The lowest BCUT2D eigenvalue weighted by molar-refractivity contribution is -0.147. The quantitative estimate of drug-likeness (QED) is 0.815. The molecule has 2 rings (SSSR count). The Kier molecular flexibility index (Phi) is 4.75. The van der Waals surface area contributed by atoms with Gasteiger partial charge < -0.3 is 4.74 Å². The van der Waals surface area contributed by atoms with Crippen LogP contribution in [0.1, 0.15) is 19.9 Å². The third-order valence-electron chi connectivity index (χ3n) is 2.96. The van der Waals surface area contributed by atoms with E-state index in [4.69, 9.17) is 16.3 Å². The molecule has 0 N–H and O–H groups in total. The summed E-state index contributed by atoms with van der Waals surface area (Å²) in [5.41, 5.74) is 1.04. The minimum atomic E-state index is -0.773. The van der Waals surface area contributed by atoms with Crippen molar-refractivity contribution in [2.75, 3.05) is 6.61 Å². The molecule has 1 atom stereocenters. The Balaban J connectivity index is 2.39. The molecule has 0 bridgehead atoms. The van der Waals surface area contributed by atoms with Crippen molar-refractivity contribution in [1.82, 2.24) is 9.78 Å². The van der Waals surface area contributed by atoms with Crippen molar-refractivity contribution in [3.8, 4) is 11.3 Å². The van der Waals surface area contributed by atoms with Gasteiger partial charge in [0.1, 0.15) is 0 Å². The average molecular weight is 307 g/mol. The Bertz CT molecular complexity index is 695. The van der Waals surface area contributed by atoms with Crippen LogP contribution in [0, 0.1) is 0 Å². The Morgan fingerprint density at radius 1 is 1.29 bits per heavy atom. The van der Waals surface area contributed by atoms with E-state index in [1.807, 2.05) is 0 Å². The van der Waals surface area contributed by atoms with E-state index in [-0.39, 0.29) is 12.2 Å². The summed E-state index contributed by atoms with van der Waals surface area (Å²) in [6, 6.07) is 9.30. The number of rotatable bonds is 4. The molecule has 0 spiro atoms. The normalized spacial score (nSPS) is 12.0. The van der Waals surface area contributed by atoms with Crippen molar-refractivity contribution in [3.05, 3.63) is 51.8 Å². The van der Waals surface area contributed by atoms with Crippen molar-refractivity contribution >= 4 is 17.6 Å². The second-order valence-corrected chi connectivity index (χ2v) is 4.87. The molecule has 0 unspecified atom stereocenters. The third kappa shape index (κ3) is 3.49. The van der Waals surface area contributed by atoms with Gasteiger partial charge in [-0.25, -0.2) is 9.48 Å². The highest BCUT2D eigenvalue weighted by molar-refractivity contribution is 6.30. The molecule has 0 aliphatic carbocycles. The zero-order chi connectivity index (χ0) is 15.4. The van der Waals surface area contributed by atoms with Crippen LogP contribution in [-0.2, 0) is 9.53 Å². The first-order valence-corrected chi connectivity index (χ1v) is 6.93. The van der Waals surface area contributed by atoms with Crippen molar-refractivity contribution < 1.29 is 9.53 Å². The summed E-state index contributed by atoms with van der Waals surface area (Å²) in [5.74, 6) is -0.486. The van der Waals surface area contributed by atoms with Gasteiger partial charge in [0.25, 0.3) is 5.56 Å². The lowest BCUT2D eigenvalue weighted by atomic mass is 10.1. The summed E-state index contributed by atoms with van der Waals surface area (Å²) < 4.78 is 6.05. The molecule has 2 aromatic rings. The summed E-state index contributed by atoms with van der Waals surface area (Å²) in [6.07, 6.45) is 0. The molecular formula is C15H15ClN2O3. The van der Waals surface area contributed by atoms with E-state index in [0.717, 1.165) is 10.2 Å². The number of carbonyl (C=O) groups is 1. The number of nitrogens with zero attached hydrogens (tertiary/aromatic N) is 2. The molecule has 21 heavy (non-hydrogen) atoms. The first-order chi connectivity index (χ1) is 10.0. The predicted octanol–water partition coefficient (Wildman–Crippen LogP) is 2.69. The zero-order valence-electron chi connectivity index (χ0n) is 11.7. The number of halogens is 1. The molecule has 0 aliphatic heterocycles. The summed E-state index contributed by atoms with van der Waals surface area (Å²) >= 11 is 5.85. The lowest BCUT2D eigenvalue weighted by Gasteiger charge is -2.13. The molecular weight excluding hydrogens is 292 g/mol. The molecule has 6 heteroatoms. The van der Waals surface area contributed by atoms with Gasteiger partial charge in [0, 0.05) is 16.7 Å². The Morgan fingerprint density at radius 2 is 1.95 bits per heavy atom. The fourth-order valence-electron chi connectivity index (χ4n) is 1.84. The van der Waals surface area contributed by atoms with Crippen LogP contribution in [0.15, 0.2) is 41.2 Å². The number of hydrogen-bond acceptors (Lipinski definition) is 4. The lowest BCUT2D eigenvalue weighted by Crippen LogP contribution is -2.31. The summed E-state index contributed by atoms with van der Waals surface area (Å²) in [7, 11) is 0. The van der Waals surface area contributed by atoms with Crippen LogP contribution in [0.3, 0.4) is 0 Å². The van der Waals surface area contributed by atoms with Gasteiger partial charge in [-0.1, -0.05) is 23.7 Å². The molecule has 1 aromatic heterocycles. The maximum Gasteiger partial charge on any atom is 0.330 e. The Hall–Kier alpha value is -2.14. The number of ether oxygens (including phenoxy) is 1. The maximum absolute atomic E-state index is 11.9. The molecule has 0 radical (unpaired) electrons. The van der Waals surface area contributed by atoms with E-state index in [9.17, 15) is 9.59 Å². The second-order valence-electron chi connectivity index (χ2n) is 4.44. The van der Waals surface area contributed by atoms with E-state index in [0.29, 0.717) is 10.7 Å². The predicted molar refractivity (Wildman–Crippen MR) is 80.3 cm³/mol. The fraction of sp³-hybridized carbons (Fsp3) is 0.267. The van der Waals surface area contributed by atoms with Crippen LogP contribution in [0.2, 0.25) is 5.02 Å². The first-order valence-electron chi connectivity index (χ1n) is 6.55. The number of aromatic nitrogens is 2. The smallest absolute Gasteiger partial charge is 0.330 e. The van der Waals surface area contributed by atoms with Crippen LogP contribution in [0.25, 0.3) is 11.3 Å². The summed E-state index contributed by atoms with van der Waals surface area (Å²) in [5, 5.41) is 4.85. The number of carbonyl (C=O) groups excluding carboxylic acids is 1. The molecule has 5 nitrogen and oxygen atoms in total. The second kappa shape index (κ2) is 6.54. The SMILES string of the molecule is CCOC(=O)[C@@H](C)n1nc(-c2ccc(Cl)cc2)ccc1=O. The Morgan fingerprint density at radius 3 is 2.57 bits per heavy atom. The Labute approximate surface area is 127 Å². The van der Waals surface area contributed by atoms with E-state index in [1.165, 1.54) is 6.07 Å². The molecule has 0 aliphatic rings. The molecule has 1 heterocycles. The largest absolute Gasteiger partial charge is 0.464 e. The van der Waals surface area contributed by atoms with Crippen LogP contribution in [0.4, 0.5) is 0 Å². The number of hydrogen-bond donors (Lipinski definition) is 0. The van der Waals surface area contributed by atoms with Crippen molar-refractivity contribution in [1.29, 1.82) is 0 Å². The minimum Gasteiger partial charge on any atom is -0.464 e. The fourth-order valence-corrected chi connectivity index (χ4v) is 1.97. The van der Waals surface area contributed by atoms with Gasteiger partial charge in [0.2, 0.25) is 0 Å². The number of esters is 1. The van der Waals surface area contributed by atoms with Crippen LogP contribution in [-0.4, -0.2) is 22.4 Å². The number of benzene rings is 1. The van der Waals surface area contributed by atoms with Gasteiger partial charge in [0.15, 0.2) is 6.04 Å². The monoisotopic (exact) mass is 306 g/mol. The molecule has 110 valence electrons. The molecule has 0 amide bonds. The highest BCUT2D eigenvalue weighted by Gasteiger charge is 2.18. The zero-order valence-corrected chi connectivity index (χ0v) is 12.5. The standard InChI is InChI=1S/C15H15ClN2O3/c1-3-21-15(20)10(2)18-14(19)9-8-13(17-18)11-4-6-12(16)7-5-11/h4-10H,3H2,1-2H3/t10-/m1/s1. The van der Waals surface area contributed by atoms with E-state index in [1.54, 1.807) is 44.2 Å². The van der Waals surface area contributed by atoms with Crippen molar-refractivity contribution in [3.63, 3.8) is 0 Å². The van der Waals surface area contributed by atoms with Gasteiger partial charge in [0.05, 0.1) is 12.3 Å². The summed E-state index contributed by atoms with van der Waals surface area (Å²) in [6.45, 7) is 3.55. The molecule has 0 saturated heterocycles. The van der Waals surface area contributed by atoms with E-state index < -0.39 is 12.0 Å². The van der Waals surface area contributed by atoms with Gasteiger partial charge >= 0.3 is 5.97 Å². The molecule has 0 fully saturated rings. The van der Waals surface area contributed by atoms with E-state index >= 15 is 0 Å². The van der Waals surface area contributed by atoms with Gasteiger partial charge in [-0.15, -0.1) is 0 Å². The molecule has 1 aromatic carbocycles. The van der Waals surface area contributed by atoms with Crippen LogP contribution in [0.5, 0.6) is 0 Å². The summed E-state index contributed by atoms with van der Waals surface area (Å²) in [4.78, 5) is 23.6. The van der Waals surface area contributed by atoms with Crippen LogP contribution < -0.4 is 5.56 Å². The van der Waals surface area contributed by atoms with Crippen LogP contribution >= 0.6 is 11.6 Å². The van der Waals surface area contributed by atoms with Crippen molar-refractivity contribution in [2.45, 2.75) is 19.9 Å². The average Bonchev–Trinajstić information content (AvgIpc) is 2.48. The van der Waals surface area contributed by atoms with Gasteiger partial charge in [-0.05, 0) is 32.0 Å². The topological polar surface area (TPSA) is 61.2 Å². The maximum atomic E-state index is 11.9. The highest BCUT2D eigenvalue weighted by atomic mass is 35.5. The highest BCUT2D eigenvalue weighted by Crippen LogP contribution is 2.19. The third-order valence-corrected chi connectivity index (χ3v) is 3.21. The van der Waals surface area contributed by atoms with Gasteiger partial charge in [-0.2, -0.15) is 5.10 Å². The minimum absolute atomic E-state index is 0.259. The molecule has 0 saturated carbocycles. The van der Waals surface area contributed by atoms with E-state index in [2.05, 4.69) is 5.10 Å². The first kappa shape index (κ1) is 15.3. The van der Waals surface area contributed by atoms with Gasteiger partial charge in [-0.3, -0.25) is 4.79 Å². The van der Waals surface area contributed by atoms with Crippen molar-refractivity contribution in [2.24, 2.45) is 0 Å².